The number of fused-ring (bicyclic) bond motifs is 1. The van der Waals surface area contributed by atoms with Crippen LogP contribution in [0.25, 0.3) is 10.9 Å². The molecule has 0 aliphatic carbocycles. The lowest BCUT2D eigenvalue weighted by Crippen LogP contribution is -2.55. The van der Waals surface area contributed by atoms with Crippen molar-refractivity contribution in [1.29, 1.82) is 0 Å². The molecule has 2 rings (SSSR count). The van der Waals surface area contributed by atoms with Gasteiger partial charge in [-0.05, 0) is 30.1 Å². The molecule has 0 saturated carbocycles. The summed E-state index contributed by atoms with van der Waals surface area (Å²) < 4.78 is 0. The number of hydrogen-bond acceptors (Lipinski definition) is 6. The van der Waals surface area contributed by atoms with E-state index in [1.165, 1.54) is 11.8 Å². The van der Waals surface area contributed by atoms with E-state index in [0.717, 1.165) is 10.9 Å². The first kappa shape index (κ1) is 24.2. The molecule has 0 fully saturated rings. The number of rotatable bonds is 12. The summed E-state index contributed by atoms with van der Waals surface area (Å²) in [4.78, 5) is 51.2. The Morgan fingerprint density at radius 2 is 1.81 bits per heavy atom. The van der Waals surface area contributed by atoms with Crippen LogP contribution in [0.15, 0.2) is 30.5 Å². The number of para-hydroxylation sites is 1. The molecule has 2 aromatic rings. The number of primary amides is 1. The van der Waals surface area contributed by atoms with Crippen molar-refractivity contribution in [2.75, 3.05) is 12.0 Å². The molecule has 11 heteroatoms. The Labute approximate surface area is 183 Å². The number of carboxylic acids is 1. The molecular weight excluding hydrogens is 422 g/mol. The van der Waals surface area contributed by atoms with Gasteiger partial charge in [0.25, 0.3) is 0 Å². The molecule has 0 saturated heterocycles. The number of aromatic amines is 1. The number of H-pyrrole nitrogens is 1. The van der Waals surface area contributed by atoms with Gasteiger partial charge in [0.1, 0.15) is 12.1 Å². The Balaban J connectivity index is 2.11. The number of nitrogens with one attached hydrogen (secondary N) is 3. The van der Waals surface area contributed by atoms with Gasteiger partial charge in [-0.25, -0.2) is 4.79 Å². The average molecular weight is 450 g/mol. The van der Waals surface area contributed by atoms with Gasteiger partial charge in [0, 0.05) is 23.5 Å². The zero-order valence-corrected chi connectivity index (χ0v) is 17.9. The number of aromatic nitrogens is 1. The van der Waals surface area contributed by atoms with Crippen LogP contribution < -0.4 is 22.1 Å². The summed E-state index contributed by atoms with van der Waals surface area (Å²) in [6, 6.07) is 3.91. The van der Waals surface area contributed by atoms with Crippen LogP contribution in [-0.2, 0) is 25.6 Å². The molecule has 1 heterocycles. The SMILES string of the molecule is CSCCC(N)C(=O)NC(CC(N)=O)C(=O)NC(Cc1c[nH]c2ccccc12)C(=O)O. The maximum absolute atomic E-state index is 12.7. The highest BCUT2D eigenvalue weighted by atomic mass is 32.2. The molecule has 168 valence electrons. The second-order valence-corrected chi connectivity index (χ2v) is 8.07. The van der Waals surface area contributed by atoms with Crippen molar-refractivity contribution >= 4 is 46.4 Å². The van der Waals surface area contributed by atoms with Crippen molar-refractivity contribution in [1.82, 2.24) is 15.6 Å². The summed E-state index contributed by atoms with van der Waals surface area (Å²) in [7, 11) is 0. The highest BCUT2D eigenvalue weighted by molar-refractivity contribution is 7.98. The standard InChI is InChI=1S/C20H27N5O5S/c1-31-7-6-13(21)18(27)24-15(9-17(22)26)19(28)25-16(20(29)30)8-11-10-23-14-5-3-2-4-12(11)14/h2-5,10,13,15-16,23H,6-9,21H2,1H3,(H2,22,26)(H,24,27)(H,25,28)(H,29,30). The Morgan fingerprint density at radius 3 is 2.45 bits per heavy atom. The molecule has 3 amide bonds. The molecule has 0 radical (unpaired) electrons. The molecule has 1 aromatic heterocycles. The van der Waals surface area contributed by atoms with Crippen molar-refractivity contribution in [3.8, 4) is 0 Å². The zero-order chi connectivity index (χ0) is 23.0. The molecule has 0 aliphatic heterocycles. The number of amides is 3. The van der Waals surface area contributed by atoms with Gasteiger partial charge < -0.3 is 32.2 Å². The Kier molecular flexibility index (Phi) is 8.88. The van der Waals surface area contributed by atoms with Crippen LogP contribution in [0, 0.1) is 0 Å². The van der Waals surface area contributed by atoms with E-state index >= 15 is 0 Å². The Bertz CT molecular complexity index is 947. The molecule has 8 N–H and O–H groups in total. The molecular formula is C20H27N5O5S. The maximum Gasteiger partial charge on any atom is 0.326 e. The first-order valence-corrected chi connectivity index (χ1v) is 11.0. The summed E-state index contributed by atoms with van der Waals surface area (Å²) in [5.74, 6) is -2.86. The zero-order valence-electron chi connectivity index (χ0n) is 17.1. The van der Waals surface area contributed by atoms with Gasteiger partial charge in [0.2, 0.25) is 17.7 Å². The van der Waals surface area contributed by atoms with Crippen molar-refractivity contribution in [2.24, 2.45) is 11.5 Å². The van der Waals surface area contributed by atoms with Crippen LogP contribution in [-0.4, -0.2) is 63.9 Å². The molecule has 10 nitrogen and oxygen atoms in total. The van der Waals surface area contributed by atoms with E-state index < -0.39 is 48.2 Å². The lowest BCUT2D eigenvalue weighted by atomic mass is 10.0. The minimum atomic E-state index is -1.32. The second-order valence-electron chi connectivity index (χ2n) is 7.08. The van der Waals surface area contributed by atoms with Gasteiger partial charge in [0.05, 0.1) is 12.5 Å². The average Bonchev–Trinajstić information content (AvgIpc) is 3.13. The fraction of sp³-hybridized carbons (Fsp3) is 0.400. The minimum Gasteiger partial charge on any atom is -0.480 e. The maximum atomic E-state index is 12.7. The Morgan fingerprint density at radius 1 is 1.13 bits per heavy atom. The highest BCUT2D eigenvalue weighted by Crippen LogP contribution is 2.19. The third kappa shape index (κ3) is 7.00. The summed E-state index contributed by atoms with van der Waals surface area (Å²) in [5.41, 5.74) is 12.6. The second kappa shape index (κ2) is 11.4. The van der Waals surface area contributed by atoms with Crippen LogP contribution in [0.3, 0.4) is 0 Å². The predicted octanol–water partition coefficient (Wildman–Crippen LogP) is -0.280. The van der Waals surface area contributed by atoms with Gasteiger partial charge in [-0.3, -0.25) is 14.4 Å². The van der Waals surface area contributed by atoms with Crippen LogP contribution in [0.5, 0.6) is 0 Å². The number of carbonyl (C=O) groups excluding carboxylic acids is 3. The Hall–Kier alpha value is -3.05. The van der Waals surface area contributed by atoms with Crippen LogP contribution in [0.4, 0.5) is 0 Å². The summed E-state index contributed by atoms with van der Waals surface area (Å²) >= 11 is 1.52. The predicted molar refractivity (Wildman–Crippen MR) is 118 cm³/mol. The third-order valence-corrected chi connectivity index (χ3v) is 5.37. The summed E-state index contributed by atoms with van der Waals surface area (Å²) in [5, 5.41) is 15.2. The summed E-state index contributed by atoms with van der Waals surface area (Å²) in [6.45, 7) is 0. The lowest BCUT2D eigenvalue weighted by Gasteiger charge is -2.22. The number of benzene rings is 1. The fourth-order valence-electron chi connectivity index (χ4n) is 3.06. The molecule has 0 spiro atoms. The summed E-state index contributed by atoms with van der Waals surface area (Å²) in [6.07, 6.45) is 3.46. The topological polar surface area (TPSA) is 180 Å². The number of carboxylic acid groups (broad SMARTS) is 1. The normalized spacial score (nSPS) is 13.9. The van der Waals surface area contributed by atoms with Gasteiger partial charge >= 0.3 is 5.97 Å². The van der Waals surface area contributed by atoms with E-state index in [9.17, 15) is 24.3 Å². The number of hydrogen-bond donors (Lipinski definition) is 6. The number of aliphatic carboxylic acids is 1. The minimum absolute atomic E-state index is 0.00949. The molecule has 0 aliphatic rings. The van der Waals surface area contributed by atoms with E-state index in [1.54, 1.807) is 6.20 Å². The quantitative estimate of drug-likeness (QED) is 0.258. The fourth-order valence-corrected chi connectivity index (χ4v) is 3.55. The molecule has 1 aromatic carbocycles. The first-order chi connectivity index (χ1) is 14.7. The van der Waals surface area contributed by atoms with Crippen molar-refractivity contribution in [2.45, 2.75) is 37.4 Å². The van der Waals surface area contributed by atoms with Gasteiger partial charge in [0.15, 0.2) is 0 Å². The van der Waals surface area contributed by atoms with Crippen LogP contribution in [0.2, 0.25) is 0 Å². The number of carbonyl (C=O) groups is 4. The van der Waals surface area contributed by atoms with E-state index in [-0.39, 0.29) is 6.42 Å². The largest absolute Gasteiger partial charge is 0.480 e. The molecule has 3 atom stereocenters. The number of thioether (sulfide) groups is 1. The van der Waals surface area contributed by atoms with E-state index in [4.69, 9.17) is 11.5 Å². The molecule has 3 unspecified atom stereocenters. The van der Waals surface area contributed by atoms with Gasteiger partial charge in [-0.15, -0.1) is 0 Å². The molecule has 31 heavy (non-hydrogen) atoms. The van der Waals surface area contributed by atoms with E-state index in [1.807, 2.05) is 30.5 Å². The van der Waals surface area contributed by atoms with Crippen LogP contribution in [0.1, 0.15) is 18.4 Å². The lowest BCUT2D eigenvalue weighted by molar-refractivity contribution is -0.142. The van der Waals surface area contributed by atoms with Crippen molar-refractivity contribution in [3.63, 3.8) is 0 Å². The van der Waals surface area contributed by atoms with Crippen molar-refractivity contribution < 1.29 is 24.3 Å². The van der Waals surface area contributed by atoms with E-state index in [2.05, 4.69) is 15.6 Å². The van der Waals surface area contributed by atoms with Gasteiger partial charge in [-0.1, -0.05) is 18.2 Å². The number of nitrogens with two attached hydrogens (primary N) is 2. The third-order valence-electron chi connectivity index (χ3n) is 4.72. The van der Waals surface area contributed by atoms with Gasteiger partial charge in [-0.2, -0.15) is 11.8 Å². The molecule has 0 bridgehead atoms. The first-order valence-electron chi connectivity index (χ1n) is 9.64. The monoisotopic (exact) mass is 449 g/mol. The van der Waals surface area contributed by atoms with Crippen molar-refractivity contribution in [3.05, 3.63) is 36.0 Å². The highest BCUT2D eigenvalue weighted by Gasteiger charge is 2.29. The van der Waals surface area contributed by atoms with E-state index in [0.29, 0.717) is 17.7 Å². The van der Waals surface area contributed by atoms with Crippen LogP contribution >= 0.6 is 11.8 Å². The smallest absolute Gasteiger partial charge is 0.326 e.